The van der Waals surface area contributed by atoms with Crippen molar-refractivity contribution < 1.29 is 19.4 Å². The highest BCUT2D eigenvalue weighted by Gasteiger charge is 2.02. The number of benzene rings is 1. The van der Waals surface area contributed by atoms with Crippen LogP contribution in [0.2, 0.25) is 0 Å². The Balaban J connectivity index is 2.98. The van der Waals surface area contributed by atoms with Crippen molar-refractivity contribution in [3.63, 3.8) is 0 Å². The van der Waals surface area contributed by atoms with E-state index in [9.17, 15) is 4.79 Å². The largest absolute Gasteiger partial charge is 0.495 e. The van der Waals surface area contributed by atoms with Gasteiger partial charge in [0.2, 0.25) is 0 Å². The van der Waals surface area contributed by atoms with Gasteiger partial charge in [0.1, 0.15) is 5.75 Å². The smallest absolute Gasteiger partial charge is 0.384 e. The van der Waals surface area contributed by atoms with Gasteiger partial charge in [-0.1, -0.05) is 12.0 Å². The van der Waals surface area contributed by atoms with Crippen molar-refractivity contribution in [3.8, 4) is 17.6 Å². The Morgan fingerprint density at radius 1 is 1.47 bits per heavy atom. The summed E-state index contributed by atoms with van der Waals surface area (Å²) in [4.78, 5) is 11.1. The highest BCUT2D eigenvalue weighted by molar-refractivity contribution is 5.89. The molecule has 0 aliphatic rings. The topological polar surface area (TPSA) is 55.8 Å². The molecule has 0 atom stereocenters. The Hall–Kier alpha value is -1.99. The summed E-state index contributed by atoms with van der Waals surface area (Å²) >= 11 is 0. The molecule has 4 heteroatoms. The third-order valence-electron chi connectivity index (χ3n) is 2.02. The van der Waals surface area contributed by atoms with E-state index in [0.29, 0.717) is 23.5 Å². The molecule has 1 aromatic rings. The molecule has 1 rings (SSSR count). The summed E-state index contributed by atoms with van der Waals surface area (Å²) in [5.41, 5.74) is 1.26. The lowest BCUT2D eigenvalue weighted by Crippen LogP contribution is -2.00. The molecular weight excluding hydrogens is 220 g/mol. The third kappa shape index (κ3) is 3.82. The number of carbonyl (C=O) groups is 1. The fourth-order valence-corrected chi connectivity index (χ4v) is 1.24. The van der Waals surface area contributed by atoms with Crippen LogP contribution >= 0.6 is 0 Å². The van der Waals surface area contributed by atoms with Crippen LogP contribution in [0.4, 0.5) is 0 Å². The van der Waals surface area contributed by atoms with Gasteiger partial charge in [-0.2, -0.15) is 0 Å². The van der Waals surface area contributed by atoms with Gasteiger partial charge in [0.05, 0.1) is 25.9 Å². The number of ether oxygens (including phenoxy) is 2. The minimum absolute atomic E-state index is 0.0852. The van der Waals surface area contributed by atoms with Crippen molar-refractivity contribution in [1.82, 2.24) is 0 Å². The highest BCUT2D eigenvalue weighted by atomic mass is 16.5. The number of aliphatic hydroxyl groups is 1. The zero-order valence-electron chi connectivity index (χ0n) is 9.82. The van der Waals surface area contributed by atoms with Crippen LogP contribution in [-0.4, -0.2) is 24.8 Å². The minimum atomic E-state index is -0.580. The van der Waals surface area contributed by atoms with E-state index in [0.717, 1.165) is 0 Å². The zero-order chi connectivity index (χ0) is 12.7. The van der Waals surface area contributed by atoms with E-state index in [1.165, 1.54) is 7.11 Å². The Morgan fingerprint density at radius 2 is 2.24 bits per heavy atom. The molecule has 1 N–H and O–H groups in total. The lowest BCUT2D eigenvalue weighted by atomic mass is 10.1. The van der Waals surface area contributed by atoms with E-state index < -0.39 is 5.97 Å². The molecule has 0 radical (unpaired) electrons. The van der Waals surface area contributed by atoms with E-state index in [4.69, 9.17) is 14.6 Å². The van der Waals surface area contributed by atoms with E-state index >= 15 is 0 Å². The van der Waals surface area contributed by atoms with E-state index in [2.05, 4.69) is 11.8 Å². The first-order chi connectivity index (χ1) is 8.21. The Bertz CT molecular complexity index is 454. The molecule has 0 saturated carbocycles. The first-order valence-corrected chi connectivity index (χ1v) is 5.17. The van der Waals surface area contributed by atoms with Gasteiger partial charge in [-0.05, 0) is 24.6 Å². The van der Waals surface area contributed by atoms with Crippen LogP contribution in [-0.2, 0) is 16.1 Å². The number of hydrogen-bond acceptors (Lipinski definition) is 4. The van der Waals surface area contributed by atoms with Gasteiger partial charge in [-0.25, -0.2) is 4.79 Å². The quantitative estimate of drug-likeness (QED) is 0.628. The van der Waals surface area contributed by atoms with Crippen molar-refractivity contribution in [2.24, 2.45) is 0 Å². The summed E-state index contributed by atoms with van der Waals surface area (Å²) in [5.74, 6) is 4.99. The van der Waals surface area contributed by atoms with Crippen LogP contribution in [0, 0.1) is 11.8 Å². The SMILES string of the molecule is CCOC(=O)C#Cc1cc(CO)ccc1OC. The summed E-state index contributed by atoms with van der Waals surface area (Å²) in [6.45, 7) is 1.92. The van der Waals surface area contributed by atoms with Gasteiger partial charge in [0, 0.05) is 5.92 Å². The molecule has 4 nitrogen and oxygen atoms in total. The summed E-state index contributed by atoms with van der Waals surface area (Å²) < 4.78 is 9.79. The second kappa shape index (κ2) is 6.56. The molecule has 0 heterocycles. The highest BCUT2D eigenvalue weighted by Crippen LogP contribution is 2.18. The number of rotatable bonds is 3. The van der Waals surface area contributed by atoms with Gasteiger partial charge < -0.3 is 14.6 Å². The fraction of sp³-hybridized carbons (Fsp3) is 0.308. The second-order valence-corrected chi connectivity index (χ2v) is 3.16. The van der Waals surface area contributed by atoms with Crippen molar-refractivity contribution >= 4 is 5.97 Å². The molecule has 0 amide bonds. The first kappa shape index (κ1) is 13.1. The minimum Gasteiger partial charge on any atom is -0.495 e. The lowest BCUT2D eigenvalue weighted by molar-refractivity contribution is -0.136. The van der Waals surface area contributed by atoms with E-state index in [1.807, 2.05) is 0 Å². The number of aliphatic hydroxyl groups excluding tert-OH is 1. The molecule has 0 aromatic heterocycles. The average molecular weight is 234 g/mol. The zero-order valence-corrected chi connectivity index (χ0v) is 9.82. The summed E-state index contributed by atoms with van der Waals surface area (Å²) in [5, 5.41) is 9.01. The van der Waals surface area contributed by atoms with Crippen LogP contribution < -0.4 is 4.74 Å². The predicted molar refractivity (Wildman–Crippen MR) is 62.4 cm³/mol. The number of methoxy groups -OCH3 is 1. The van der Waals surface area contributed by atoms with Crippen molar-refractivity contribution in [3.05, 3.63) is 29.3 Å². The fourth-order valence-electron chi connectivity index (χ4n) is 1.24. The van der Waals surface area contributed by atoms with E-state index in [-0.39, 0.29) is 6.61 Å². The van der Waals surface area contributed by atoms with Crippen molar-refractivity contribution in [2.75, 3.05) is 13.7 Å². The monoisotopic (exact) mass is 234 g/mol. The molecule has 0 bridgehead atoms. The first-order valence-electron chi connectivity index (χ1n) is 5.17. The van der Waals surface area contributed by atoms with Gasteiger partial charge in [0.25, 0.3) is 0 Å². The number of carbonyl (C=O) groups excluding carboxylic acids is 1. The molecule has 0 aliphatic heterocycles. The molecule has 1 aromatic carbocycles. The number of hydrogen-bond donors (Lipinski definition) is 1. The molecule has 90 valence electrons. The Labute approximate surface area is 100 Å². The molecule has 17 heavy (non-hydrogen) atoms. The van der Waals surface area contributed by atoms with Crippen LogP contribution in [0.25, 0.3) is 0 Å². The maximum atomic E-state index is 11.1. The van der Waals surface area contributed by atoms with Gasteiger partial charge in [-0.15, -0.1) is 0 Å². The van der Waals surface area contributed by atoms with Crippen LogP contribution in [0.5, 0.6) is 5.75 Å². The maximum absolute atomic E-state index is 11.1. The average Bonchev–Trinajstić information content (AvgIpc) is 2.36. The van der Waals surface area contributed by atoms with E-state index in [1.54, 1.807) is 25.1 Å². The van der Waals surface area contributed by atoms with Crippen LogP contribution in [0.3, 0.4) is 0 Å². The standard InChI is InChI=1S/C13H14O4/c1-3-17-13(15)7-5-11-8-10(9-14)4-6-12(11)16-2/h4,6,8,14H,3,9H2,1-2H3. The second-order valence-electron chi connectivity index (χ2n) is 3.16. The Kier molecular flexibility index (Phi) is 5.05. The van der Waals surface area contributed by atoms with Crippen LogP contribution in [0.15, 0.2) is 18.2 Å². The molecule has 0 fully saturated rings. The molecule has 0 aliphatic carbocycles. The molecule has 0 spiro atoms. The normalized spacial score (nSPS) is 9.12. The predicted octanol–water partition coefficient (Wildman–Crippen LogP) is 1.10. The molecule has 0 saturated heterocycles. The van der Waals surface area contributed by atoms with Crippen LogP contribution in [0.1, 0.15) is 18.1 Å². The van der Waals surface area contributed by atoms with Gasteiger partial charge in [-0.3, -0.25) is 0 Å². The third-order valence-corrected chi connectivity index (χ3v) is 2.02. The maximum Gasteiger partial charge on any atom is 0.384 e. The van der Waals surface area contributed by atoms with Crippen molar-refractivity contribution in [2.45, 2.75) is 13.5 Å². The van der Waals surface area contributed by atoms with Crippen molar-refractivity contribution in [1.29, 1.82) is 0 Å². The summed E-state index contributed by atoms with van der Waals surface area (Å²) in [6, 6.07) is 5.10. The molecular formula is C13H14O4. The van der Waals surface area contributed by atoms with Gasteiger partial charge >= 0.3 is 5.97 Å². The lowest BCUT2D eigenvalue weighted by Gasteiger charge is -2.04. The Morgan fingerprint density at radius 3 is 2.82 bits per heavy atom. The molecule has 0 unspecified atom stereocenters. The summed E-state index contributed by atoms with van der Waals surface area (Å²) in [6.07, 6.45) is 0. The van der Waals surface area contributed by atoms with Gasteiger partial charge in [0.15, 0.2) is 0 Å². The number of esters is 1. The summed E-state index contributed by atoms with van der Waals surface area (Å²) in [7, 11) is 1.52.